The van der Waals surface area contributed by atoms with Gasteiger partial charge >= 0.3 is 0 Å². The predicted octanol–water partition coefficient (Wildman–Crippen LogP) is 1.96. The second-order valence-corrected chi connectivity index (χ2v) is 4.53. The number of nitrogens with zero attached hydrogens (tertiary/aromatic N) is 2. The van der Waals surface area contributed by atoms with E-state index < -0.39 is 0 Å². The minimum absolute atomic E-state index is 0.479. The van der Waals surface area contributed by atoms with Crippen LogP contribution in [0.15, 0.2) is 24.3 Å². The molecule has 94 valence electrons. The summed E-state index contributed by atoms with van der Waals surface area (Å²) in [6, 6.07) is 8.11. The Morgan fingerprint density at radius 2 is 2.33 bits per heavy atom. The van der Waals surface area contributed by atoms with Crippen LogP contribution in [0.2, 0.25) is 0 Å². The maximum absolute atomic E-state index is 5.81. The van der Waals surface area contributed by atoms with Gasteiger partial charge in [-0.25, -0.2) is 0 Å². The highest BCUT2D eigenvalue weighted by Crippen LogP contribution is 2.33. The Kier molecular flexibility index (Phi) is 2.80. The highest BCUT2D eigenvalue weighted by Gasteiger charge is 2.22. The molecule has 0 bridgehead atoms. The van der Waals surface area contributed by atoms with Crippen LogP contribution in [0, 0.1) is 0 Å². The molecule has 0 radical (unpaired) electrons. The summed E-state index contributed by atoms with van der Waals surface area (Å²) < 4.78 is 7.38. The maximum Gasteiger partial charge on any atom is 0.119 e. The molecular weight excluding hydrogens is 226 g/mol. The zero-order valence-electron chi connectivity index (χ0n) is 10.5. The van der Waals surface area contributed by atoms with Crippen molar-refractivity contribution >= 4 is 0 Å². The van der Waals surface area contributed by atoms with E-state index in [1.54, 1.807) is 7.11 Å². The smallest absolute Gasteiger partial charge is 0.119 e. The second kappa shape index (κ2) is 4.46. The number of ether oxygens (including phenoxy) is 1. The lowest BCUT2D eigenvalue weighted by atomic mass is 10.0. The van der Waals surface area contributed by atoms with Gasteiger partial charge in [-0.1, -0.05) is 12.1 Å². The van der Waals surface area contributed by atoms with Crippen molar-refractivity contribution in [3.63, 3.8) is 0 Å². The Balaban J connectivity index is 2.15. The number of rotatable bonds is 3. The van der Waals surface area contributed by atoms with Crippen LogP contribution in [0.5, 0.6) is 5.75 Å². The number of methoxy groups -OCH3 is 1. The zero-order valence-corrected chi connectivity index (χ0v) is 10.5. The molecule has 1 aromatic heterocycles. The molecule has 4 heteroatoms. The first-order valence-electron chi connectivity index (χ1n) is 6.26. The van der Waals surface area contributed by atoms with Gasteiger partial charge < -0.3 is 10.5 Å². The van der Waals surface area contributed by atoms with E-state index in [9.17, 15) is 0 Å². The molecule has 18 heavy (non-hydrogen) atoms. The molecule has 2 N–H and O–H groups in total. The van der Waals surface area contributed by atoms with Crippen molar-refractivity contribution in [2.45, 2.75) is 25.9 Å². The molecule has 0 aliphatic carbocycles. The SMILES string of the molecule is COc1cccc(-c2c(CN)nn3c2CCC3)c1. The van der Waals surface area contributed by atoms with Crippen LogP contribution in [0.25, 0.3) is 11.1 Å². The average molecular weight is 243 g/mol. The van der Waals surface area contributed by atoms with Gasteiger partial charge in [0.15, 0.2) is 0 Å². The number of nitrogens with two attached hydrogens (primary N) is 1. The summed E-state index contributed by atoms with van der Waals surface area (Å²) in [6.07, 6.45) is 2.25. The van der Waals surface area contributed by atoms with Crippen molar-refractivity contribution in [3.05, 3.63) is 35.7 Å². The minimum atomic E-state index is 0.479. The topological polar surface area (TPSA) is 53.1 Å². The molecule has 1 aliphatic rings. The summed E-state index contributed by atoms with van der Waals surface area (Å²) in [5, 5.41) is 4.59. The lowest BCUT2D eigenvalue weighted by Crippen LogP contribution is -2.01. The molecular formula is C14H17N3O. The number of benzene rings is 1. The summed E-state index contributed by atoms with van der Waals surface area (Å²) in [4.78, 5) is 0. The van der Waals surface area contributed by atoms with E-state index in [4.69, 9.17) is 10.5 Å². The molecule has 0 amide bonds. The van der Waals surface area contributed by atoms with Gasteiger partial charge in [0.1, 0.15) is 5.75 Å². The number of aromatic nitrogens is 2. The van der Waals surface area contributed by atoms with Gasteiger partial charge in [-0.15, -0.1) is 0 Å². The van der Waals surface area contributed by atoms with Crippen molar-refractivity contribution in [1.29, 1.82) is 0 Å². The van der Waals surface area contributed by atoms with E-state index in [0.717, 1.165) is 30.0 Å². The van der Waals surface area contributed by atoms with E-state index in [1.807, 2.05) is 12.1 Å². The fourth-order valence-corrected chi connectivity index (χ4v) is 2.64. The third-order valence-electron chi connectivity index (χ3n) is 3.47. The summed E-state index contributed by atoms with van der Waals surface area (Å²) >= 11 is 0. The van der Waals surface area contributed by atoms with Crippen LogP contribution >= 0.6 is 0 Å². The van der Waals surface area contributed by atoms with Crippen molar-refractivity contribution in [3.8, 4) is 16.9 Å². The van der Waals surface area contributed by atoms with E-state index in [-0.39, 0.29) is 0 Å². The third-order valence-corrected chi connectivity index (χ3v) is 3.47. The molecule has 2 aromatic rings. The summed E-state index contributed by atoms with van der Waals surface area (Å²) in [7, 11) is 1.69. The molecule has 0 fully saturated rings. The maximum atomic E-state index is 5.81. The first-order chi connectivity index (χ1) is 8.83. The summed E-state index contributed by atoms with van der Waals surface area (Å²) in [5.41, 5.74) is 10.5. The van der Waals surface area contributed by atoms with Gasteiger partial charge in [0.2, 0.25) is 0 Å². The third kappa shape index (κ3) is 1.69. The normalized spacial score (nSPS) is 13.7. The van der Waals surface area contributed by atoms with Gasteiger partial charge in [0, 0.05) is 24.3 Å². The number of hydrogen-bond donors (Lipinski definition) is 1. The van der Waals surface area contributed by atoms with Crippen LogP contribution in [0.4, 0.5) is 0 Å². The van der Waals surface area contributed by atoms with Gasteiger partial charge in [-0.3, -0.25) is 4.68 Å². The number of hydrogen-bond acceptors (Lipinski definition) is 3. The molecule has 0 unspecified atom stereocenters. The van der Waals surface area contributed by atoms with Crippen molar-refractivity contribution in [1.82, 2.24) is 9.78 Å². The Bertz CT molecular complexity index is 574. The van der Waals surface area contributed by atoms with Crippen molar-refractivity contribution in [2.24, 2.45) is 5.73 Å². The molecule has 2 heterocycles. The van der Waals surface area contributed by atoms with Gasteiger partial charge in [0.25, 0.3) is 0 Å². The van der Waals surface area contributed by atoms with Gasteiger partial charge in [-0.2, -0.15) is 5.10 Å². The van der Waals surface area contributed by atoms with Gasteiger partial charge in [-0.05, 0) is 30.5 Å². The first kappa shape index (κ1) is 11.3. The van der Waals surface area contributed by atoms with Crippen LogP contribution < -0.4 is 10.5 Å². The first-order valence-corrected chi connectivity index (χ1v) is 6.26. The van der Waals surface area contributed by atoms with E-state index >= 15 is 0 Å². The molecule has 0 saturated heterocycles. The van der Waals surface area contributed by atoms with Crippen molar-refractivity contribution < 1.29 is 4.74 Å². The molecule has 1 aromatic carbocycles. The Morgan fingerprint density at radius 3 is 3.11 bits per heavy atom. The Hall–Kier alpha value is -1.81. The Labute approximate surface area is 106 Å². The molecule has 0 spiro atoms. The predicted molar refractivity (Wildman–Crippen MR) is 70.4 cm³/mol. The average Bonchev–Trinajstić information content (AvgIpc) is 2.98. The van der Waals surface area contributed by atoms with Crippen LogP contribution in [0.1, 0.15) is 17.8 Å². The fourth-order valence-electron chi connectivity index (χ4n) is 2.64. The van der Waals surface area contributed by atoms with E-state index in [0.29, 0.717) is 6.54 Å². The summed E-state index contributed by atoms with van der Waals surface area (Å²) in [5.74, 6) is 0.869. The van der Waals surface area contributed by atoms with Crippen LogP contribution in [-0.2, 0) is 19.5 Å². The second-order valence-electron chi connectivity index (χ2n) is 4.53. The van der Waals surface area contributed by atoms with Crippen LogP contribution in [0.3, 0.4) is 0 Å². The fraction of sp³-hybridized carbons (Fsp3) is 0.357. The quantitative estimate of drug-likeness (QED) is 0.896. The molecule has 1 aliphatic heterocycles. The Morgan fingerprint density at radius 1 is 1.44 bits per heavy atom. The number of fused-ring (bicyclic) bond motifs is 1. The lowest BCUT2D eigenvalue weighted by molar-refractivity contribution is 0.415. The standard InChI is InChI=1S/C14H17N3O/c1-18-11-5-2-4-10(8-11)14-12(9-15)16-17-7-3-6-13(14)17/h2,4-5,8H,3,6-7,9,15H2,1H3. The monoisotopic (exact) mass is 243 g/mol. The molecule has 3 rings (SSSR count). The zero-order chi connectivity index (χ0) is 12.5. The molecule has 0 atom stereocenters. The minimum Gasteiger partial charge on any atom is -0.497 e. The molecule has 4 nitrogen and oxygen atoms in total. The highest BCUT2D eigenvalue weighted by atomic mass is 16.5. The van der Waals surface area contributed by atoms with E-state index in [1.165, 1.54) is 17.7 Å². The summed E-state index contributed by atoms with van der Waals surface area (Å²) in [6.45, 7) is 1.48. The number of aryl methyl sites for hydroxylation is 1. The van der Waals surface area contributed by atoms with E-state index in [2.05, 4.69) is 21.9 Å². The largest absolute Gasteiger partial charge is 0.497 e. The highest BCUT2D eigenvalue weighted by molar-refractivity contribution is 5.70. The van der Waals surface area contributed by atoms with Crippen molar-refractivity contribution in [2.75, 3.05) is 7.11 Å². The molecule has 0 saturated carbocycles. The van der Waals surface area contributed by atoms with Crippen LogP contribution in [-0.4, -0.2) is 16.9 Å². The lowest BCUT2D eigenvalue weighted by Gasteiger charge is -2.06. The van der Waals surface area contributed by atoms with Gasteiger partial charge in [0.05, 0.1) is 12.8 Å².